The van der Waals surface area contributed by atoms with E-state index in [-0.39, 0.29) is 0 Å². The normalized spacial score (nSPS) is 11.8. The maximum atomic E-state index is 6.76. The maximum absolute atomic E-state index is 6.76. The highest BCUT2D eigenvalue weighted by molar-refractivity contribution is 6.14. The van der Waals surface area contributed by atoms with Crippen molar-refractivity contribution in [3.05, 3.63) is 304 Å². The van der Waals surface area contributed by atoms with Crippen LogP contribution >= 0.6 is 0 Å². The van der Waals surface area contributed by atoms with Crippen LogP contribution in [-0.4, -0.2) is 19.9 Å². The lowest BCUT2D eigenvalue weighted by molar-refractivity contribution is 0.668. The standard InChI is InChI=1S/C84H50N6O4/c1-2-12-59(13-3-1)89(60-33-23-54(24-34-60)79-83-67(40-42-87-79)65-14-6-8-16-75(65)93-83)61-35-25-55(26-36-61)80-84-68(41-43-88-80)69-45-57(27-38-77(69)94-84)58-28-39-78-70(46-58)74-50-86-48-72(82(74)92-78)53-21-31-63(32-22-53)90(64-37-18-51-10-4-5-11-56(51)44-64)62-29-19-52(20-30-62)71-47-85-49-73-66-15-7-9-17-76(66)91-81(71)73/h1-50H. The van der Waals surface area contributed by atoms with Gasteiger partial charge in [0.15, 0.2) is 11.2 Å². The Morgan fingerprint density at radius 3 is 1.16 bits per heavy atom. The summed E-state index contributed by atoms with van der Waals surface area (Å²) in [5.74, 6) is 0. The fraction of sp³-hybridized carbons (Fsp3) is 0. The van der Waals surface area contributed by atoms with Gasteiger partial charge >= 0.3 is 0 Å². The summed E-state index contributed by atoms with van der Waals surface area (Å²) in [7, 11) is 0. The van der Waals surface area contributed by atoms with E-state index in [0.29, 0.717) is 0 Å². The van der Waals surface area contributed by atoms with E-state index in [1.54, 1.807) is 0 Å². The van der Waals surface area contributed by atoms with Crippen molar-refractivity contribution in [2.45, 2.75) is 0 Å². The van der Waals surface area contributed by atoms with Crippen LogP contribution in [0.3, 0.4) is 0 Å². The number of rotatable bonds is 11. The van der Waals surface area contributed by atoms with Crippen LogP contribution in [0.5, 0.6) is 0 Å². The molecular formula is C84H50N6O4. The van der Waals surface area contributed by atoms with Gasteiger partial charge < -0.3 is 27.5 Å². The highest BCUT2D eigenvalue weighted by atomic mass is 16.3. The van der Waals surface area contributed by atoms with Gasteiger partial charge in [-0.15, -0.1) is 0 Å². The molecule has 8 heterocycles. The Morgan fingerprint density at radius 2 is 0.617 bits per heavy atom. The number of nitrogens with zero attached hydrogens (tertiary/aromatic N) is 6. The molecule has 0 aliphatic carbocycles. The molecule has 0 saturated carbocycles. The Bertz CT molecular complexity index is 6170. The third kappa shape index (κ3) is 8.72. The van der Waals surface area contributed by atoms with Gasteiger partial charge in [0.2, 0.25) is 0 Å². The minimum absolute atomic E-state index is 0.733. The molecule has 10 nitrogen and oxygen atoms in total. The van der Waals surface area contributed by atoms with Crippen molar-refractivity contribution >= 4 is 133 Å². The highest BCUT2D eigenvalue weighted by Gasteiger charge is 2.22. The zero-order valence-corrected chi connectivity index (χ0v) is 50.2. The van der Waals surface area contributed by atoms with Gasteiger partial charge in [-0.05, 0) is 154 Å². The molecule has 19 aromatic rings. The average molecular weight is 1210 g/mol. The van der Waals surface area contributed by atoms with E-state index in [2.05, 4.69) is 227 Å². The lowest BCUT2D eigenvalue weighted by atomic mass is 10.00. The summed E-state index contributed by atoms with van der Waals surface area (Å²) in [6.45, 7) is 0. The van der Waals surface area contributed by atoms with E-state index < -0.39 is 0 Å². The first-order chi connectivity index (χ1) is 46.6. The summed E-state index contributed by atoms with van der Waals surface area (Å²) < 4.78 is 26.2. The predicted molar refractivity (Wildman–Crippen MR) is 381 cm³/mol. The quantitative estimate of drug-likeness (QED) is 0.124. The minimum Gasteiger partial charge on any atom is -0.455 e. The summed E-state index contributed by atoms with van der Waals surface area (Å²) in [6.07, 6.45) is 11.3. The molecule has 440 valence electrons. The highest BCUT2D eigenvalue weighted by Crippen LogP contribution is 2.45. The molecule has 0 spiro atoms. The lowest BCUT2D eigenvalue weighted by Gasteiger charge is -2.26. The molecule has 11 aromatic carbocycles. The zero-order valence-electron chi connectivity index (χ0n) is 50.2. The summed E-state index contributed by atoms with van der Waals surface area (Å²) in [6, 6.07) is 93.0. The van der Waals surface area contributed by atoms with Crippen LogP contribution in [0.4, 0.5) is 34.1 Å². The van der Waals surface area contributed by atoms with Crippen LogP contribution in [0.1, 0.15) is 0 Å². The molecule has 0 N–H and O–H groups in total. The van der Waals surface area contributed by atoms with Gasteiger partial charge in [0, 0.05) is 137 Å². The second kappa shape index (κ2) is 21.4. The van der Waals surface area contributed by atoms with E-state index in [1.807, 2.05) is 91.8 Å². The third-order valence-electron chi connectivity index (χ3n) is 18.4. The molecular weight excluding hydrogens is 1160 g/mol. The van der Waals surface area contributed by atoms with Gasteiger partial charge in [0.25, 0.3) is 0 Å². The number of benzene rings is 11. The van der Waals surface area contributed by atoms with Crippen molar-refractivity contribution in [3.63, 3.8) is 0 Å². The van der Waals surface area contributed by atoms with E-state index in [0.717, 1.165) is 183 Å². The van der Waals surface area contributed by atoms with Crippen molar-refractivity contribution < 1.29 is 17.7 Å². The molecule has 8 aromatic heterocycles. The fourth-order valence-electron chi connectivity index (χ4n) is 13.8. The van der Waals surface area contributed by atoms with Crippen molar-refractivity contribution in [2.75, 3.05) is 9.80 Å². The molecule has 0 bridgehead atoms. The average Bonchev–Trinajstić information content (AvgIpc) is 1.63. The second-order valence-electron chi connectivity index (χ2n) is 23.7. The SMILES string of the molecule is c1ccc(N(c2ccc(-c3nccc4c3oc3ccccc34)cc2)c2ccc(-c3nccc4c3oc3ccc(-c5ccc6oc7c(-c8ccc(N(c9ccc(-c%10cncc%11c%10oc%10ccccc%10%11)cc9)c9ccc%10ccccc%10c9)cc8)cncc7c6c5)cc34)cc2)cc1. The number of para-hydroxylation sites is 3. The Balaban J connectivity index is 0.616. The topological polar surface area (TPSA) is 111 Å². The third-order valence-corrected chi connectivity index (χ3v) is 18.4. The number of hydrogen-bond acceptors (Lipinski definition) is 10. The van der Waals surface area contributed by atoms with Crippen molar-refractivity contribution in [3.8, 4) is 55.9 Å². The fourth-order valence-corrected chi connectivity index (χ4v) is 13.8. The minimum atomic E-state index is 0.733. The first-order valence-corrected chi connectivity index (χ1v) is 31.3. The molecule has 19 rings (SSSR count). The first kappa shape index (κ1) is 53.0. The smallest absolute Gasteiger partial charge is 0.161 e. The van der Waals surface area contributed by atoms with Gasteiger partial charge in [-0.1, -0.05) is 146 Å². The number of aromatic nitrogens is 4. The summed E-state index contributed by atoms with van der Waals surface area (Å²) in [5, 5.41) is 10.5. The Hall–Kier alpha value is -12.9. The molecule has 0 saturated heterocycles. The molecule has 0 atom stereocenters. The molecule has 0 aliphatic rings. The van der Waals surface area contributed by atoms with Crippen LogP contribution in [0.2, 0.25) is 0 Å². The first-order valence-electron chi connectivity index (χ1n) is 31.3. The van der Waals surface area contributed by atoms with Gasteiger partial charge in [0.1, 0.15) is 44.9 Å². The van der Waals surface area contributed by atoms with Crippen molar-refractivity contribution in [1.82, 2.24) is 19.9 Å². The number of pyridine rings is 4. The monoisotopic (exact) mass is 1210 g/mol. The van der Waals surface area contributed by atoms with Gasteiger partial charge in [-0.2, -0.15) is 0 Å². The Morgan fingerprint density at radius 1 is 0.234 bits per heavy atom. The van der Waals surface area contributed by atoms with Crippen LogP contribution in [0.15, 0.2) is 322 Å². The number of fused-ring (bicyclic) bond motifs is 13. The van der Waals surface area contributed by atoms with Crippen molar-refractivity contribution in [1.29, 1.82) is 0 Å². The molecule has 0 unspecified atom stereocenters. The zero-order chi connectivity index (χ0) is 61.8. The van der Waals surface area contributed by atoms with E-state index >= 15 is 0 Å². The van der Waals surface area contributed by atoms with Crippen LogP contribution in [0.25, 0.3) is 154 Å². The molecule has 0 fully saturated rings. The van der Waals surface area contributed by atoms with Crippen molar-refractivity contribution in [2.24, 2.45) is 0 Å². The predicted octanol–water partition coefficient (Wildman–Crippen LogP) is 23.3. The number of hydrogen-bond donors (Lipinski definition) is 0. The van der Waals surface area contributed by atoms with E-state index in [9.17, 15) is 0 Å². The summed E-state index contributed by atoms with van der Waals surface area (Å²) >= 11 is 0. The lowest BCUT2D eigenvalue weighted by Crippen LogP contribution is -2.09. The molecule has 94 heavy (non-hydrogen) atoms. The summed E-state index contributed by atoms with van der Waals surface area (Å²) in [4.78, 5) is 23.7. The van der Waals surface area contributed by atoms with Gasteiger partial charge in [0.05, 0.1) is 0 Å². The summed E-state index contributed by atoms with van der Waals surface area (Å²) in [5.41, 5.74) is 22.0. The largest absolute Gasteiger partial charge is 0.455 e. The van der Waals surface area contributed by atoms with Crippen LogP contribution in [-0.2, 0) is 0 Å². The van der Waals surface area contributed by atoms with Crippen LogP contribution in [0, 0.1) is 0 Å². The molecule has 0 aliphatic heterocycles. The molecule has 10 heteroatoms. The maximum Gasteiger partial charge on any atom is 0.161 e. The van der Waals surface area contributed by atoms with Crippen LogP contribution < -0.4 is 9.80 Å². The Kier molecular flexibility index (Phi) is 12.0. The van der Waals surface area contributed by atoms with E-state index in [1.165, 1.54) is 5.39 Å². The molecule has 0 radical (unpaired) electrons. The van der Waals surface area contributed by atoms with E-state index in [4.69, 9.17) is 32.6 Å². The Labute approximate surface area is 537 Å². The second-order valence-corrected chi connectivity index (χ2v) is 23.7. The molecule has 0 amide bonds. The van der Waals surface area contributed by atoms with Gasteiger partial charge in [-0.3, -0.25) is 19.9 Å². The van der Waals surface area contributed by atoms with Gasteiger partial charge in [-0.25, -0.2) is 0 Å². The number of furan rings is 4. The number of anilines is 6.